The summed E-state index contributed by atoms with van der Waals surface area (Å²) in [5.74, 6) is 0.760. The number of carbonyl (C=O) groups is 1. The fourth-order valence-electron chi connectivity index (χ4n) is 2.79. The van der Waals surface area contributed by atoms with Crippen molar-refractivity contribution in [3.05, 3.63) is 29.3 Å². The SMILES string of the molecule is Cc1ccc(C(N)=O)c(N2CCC(C)C(CN)C2)c1. The zero-order chi connectivity index (χ0) is 14.0. The first kappa shape index (κ1) is 13.9. The lowest BCUT2D eigenvalue weighted by Gasteiger charge is -2.38. The molecule has 0 saturated carbocycles. The van der Waals surface area contributed by atoms with Gasteiger partial charge in [-0.1, -0.05) is 13.0 Å². The highest BCUT2D eigenvalue weighted by atomic mass is 16.1. The van der Waals surface area contributed by atoms with Gasteiger partial charge in [-0.05, 0) is 49.4 Å². The number of nitrogens with two attached hydrogens (primary N) is 2. The largest absolute Gasteiger partial charge is 0.371 e. The van der Waals surface area contributed by atoms with Gasteiger partial charge in [0.25, 0.3) is 5.91 Å². The van der Waals surface area contributed by atoms with Gasteiger partial charge in [0.15, 0.2) is 0 Å². The Bertz CT molecular complexity index is 472. The van der Waals surface area contributed by atoms with Gasteiger partial charge in [0.05, 0.1) is 5.56 Å². The summed E-state index contributed by atoms with van der Waals surface area (Å²) in [7, 11) is 0. The van der Waals surface area contributed by atoms with Gasteiger partial charge in [-0.2, -0.15) is 0 Å². The first-order valence-electron chi connectivity index (χ1n) is 6.88. The summed E-state index contributed by atoms with van der Waals surface area (Å²) in [6.07, 6.45) is 1.11. The molecule has 0 aliphatic carbocycles. The van der Waals surface area contributed by atoms with Crippen LogP contribution in [0.5, 0.6) is 0 Å². The van der Waals surface area contributed by atoms with Crippen molar-refractivity contribution in [2.45, 2.75) is 20.3 Å². The van der Waals surface area contributed by atoms with E-state index in [1.807, 2.05) is 25.1 Å². The molecule has 0 bridgehead atoms. The van der Waals surface area contributed by atoms with E-state index in [2.05, 4.69) is 11.8 Å². The molecule has 19 heavy (non-hydrogen) atoms. The molecule has 1 aromatic carbocycles. The molecule has 2 rings (SSSR count). The van der Waals surface area contributed by atoms with Crippen molar-refractivity contribution < 1.29 is 4.79 Å². The van der Waals surface area contributed by atoms with Crippen LogP contribution in [0.1, 0.15) is 29.3 Å². The first-order valence-corrected chi connectivity index (χ1v) is 6.88. The lowest BCUT2D eigenvalue weighted by Crippen LogP contribution is -2.43. The third-order valence-electron chi connectivity index (χ3n) is 4.18. The predicted octanol–water partition coefficient (Wildman–Crippen LogP) is 1.52. The monoisotopic (exact) mass is 261 g/mol. The molecule has 0 spiro atoms. The molecule has 4 heteroatoms. The topological polar surface area (TPSA) is 72.4 Å². The molecule has 1 aromatic rings. The standard InChI is InChI=1S/C15H23N3O/c1-10-3-4-13(15(17)19)14(7-10)18-6-5-11(2)12(8-16)9-18/h3-4,7,11-12H,5-6,8-9,16H2,1-2H3,(H2,17,19). The lowest BCUT2D eigenvalue weighted by atomic mass is 9.86. The Balaban J connectivity index is 2.31. The highest BCUT2D eigenvalue weighted by Gasteiger charge is 2.27. The summed E-state index contributed by atoms with van der Waals surface area (Å²) >= 11 is 0. The third-order valence-corrected chi connectivity index (χ3v) is 4.18. The van der Waals surface area contributed by atoms with Gasteiger partial charge < -0.3 is 16.4 Å². The molecule has 2 unspecified atom stereocenters. The second kappa shape index (κ2) is 5.61. The van der Waals surface area contributed by atoms with Gasteiger partial charge in [-0.25, -0.2) is 0 Å². The van der Waals surface area contributed by atoms with Crippen molar-refractivity contribution in [3.8, 4) is 0 Å². The van der Waals surface area contributed by atoms with Crippen molar-refractivity contribution in [3.63, 3.8) is 0 Å². The zero-order valence-corrected chi connectivity index (χ0v) is 11.7. The maximum absolute atomic E-state index is 11.6. The van der Waals surface area contributed by atoms with Crippen molar-refractivity contribution in [1.82, 2.24) is 0 Å². The number of amides is 1. The molecular weight excluding hydrogens is 238 g/mol. The molecule has 0 radical (unpaired) electrons. The number of anilines is 1. The van der Waals surface area contributed by atoms with E-state index in [0.29, 0.717) is 23.9 Å². The number of nitrogens with zero attached hydrogens (tertiary/aromatic N) is 1. The minimum absolute atomic E-state index is 0.363. The van der Waals surface area contributed by atoms with Crippen LogP contribution in [-0.4, -0.2) is 25.5 Å². The van der Waals surface area contributed by atoms with Crippen LogP contribution in [-0.2, 0) is 0 Å². The van der Waals surface area contributed by atoms with E-state index in [9.17, 15) is 4.79 Å². The van der Waals surface area contributed by atoms with Crippen molar-refractivity contribution in [2.75, 3.05) is 24.5 Å². The summed E-state index contributed by atoms with van der Waals surface area (Å²) in [4.78, 5) is 13.8. The first-order chi connectivity index (χ1) is 9.02. The molecule has 1 amide bonds. The number of rotatable bonds is 3. The van der Waals surface area contributed by atoms with E-state index in [0.717, 1.165) is 30.8 Å². The number of carbonyl (C=O) groups excluding carboxylic acids is 1. The van der Waals surface area contributed by atoms with E-state index < -0.39 is 0 Å². The molecule has 1 saturated heterocycles. The fourth-order valence-corrected chi connectivity index (χ4v) is 2.79. The predicted molar refractivity (Wildman–Crippen MR) is 78.2 cm³/mol. The Hall–Kier alpha value is -1.55. The van der Waals surface area contributed by atoms with Crippen LogP contribution in [0.15, 0.2) is 18.2 Å². The zero-order valence-electron chi connectivity index (χ0n) is 11.7. The van der Waals surface area contributed by atoms with Crippen LogP contribution >= 0.6 is 0 Å². The van der Waals surface area contributed by atoms with Gasteiger partial charge in [0.2, 0.25) is 0 Å². The fraction of sp³-hybridized carbons (Fsp3) is 0.533. The minimum Gasteiger partial charge on any atom is -0.371 e. The van der Waals surface area contributed by atoms with E-state index in [-0.39, 0.29) is 5.91 Å². The van der Waals surface area contributed by atoms with Gasteiger partial charge in [0.1, 0.15) is 0 Å². The van der Waals surface area contributed by atoms with Crippen LogP contribution in [0.25, 0.3) is 0 Å². The Morgan fingerprint density at radius 1 is 1.47 bits per heavy atom. The molecule has 0 aromatic heterocycles. The minimum atomic E-state index is -0.363. The molecule has 1 heterocycles. The third kappa shape index (κ3) is 2.89. The number of primary amides is 1. The van der Waals surface area contributed by atoms with Crippen molar-refractivity contribution in [1.29, 1.82) is 0 Å². The smallest absolute Gasteiger partial charge is 0.250 e. The van der Waals surface area contributed by atoms with E-state index in [1.54, 1.807) is 0 Å². The summed E-state index contributed by atoms with van der Waals surface area (Å²) in [5.41, 5.74) is 14.0. The number of hydrogen-bond acceptors (Lipinski definition) is 3. The van der Waals surface area contributed by atoms with Gasteiger partial charge in [-0.3, -0.25) is 4.79 Å². The Labute approximate surface area is 114 Å². The van der Waals surface area contributed by atoms with Gasteiger partial charge in [0, 0.05) is 18.8 Å². The highest BCUT2D eigenvalue weighted by Crippen LogP contribution is 2.29. The quantitative estimate of drug-likeness (QED) is 0.866. The van der Waals surface area contributed by atoms with Crippen molar-refractivity contribution in [2.24, 2.45) is 23.3 Å². The maximum atomic E-state index is 11.6. The Kier molecular flexibility index (Phi) is 4.10. The molecule has 104 valence electrons. The second-order valence-corrected chi connectivity index (χ2v) is 5.59. The van der Waals surface area contributed by atoms with E-state index in [1.165, 1.54) is 0 Å². The van der Waals surface area contributed by atoms with E-state index >= 15 is 0 Å². The molecule has 1 fully saturated rings. The maximum Gasteiger partial charge on any atom is 0.250 e. The number of aryl methyl sites for hydroxylation is 1. The second-order valence-electron chi connectivity index (χ2n) is 5.59. The lowest BCUT2D eigenvalue weighted by molar-refractivity contribution is 0.100. The molecular formula is C15H23N3O. The van der Waals surface area contributed by atoms with Crippen LogP contribution in [0, 0.1) is 18.8 Å². The van der Waals surface area contributed by atoms with Crippen molar-refractivity contribution >= 4 is 11.6 Å². The average molecular weight is 261 g/mol. The number of benzene rings is 1. The Morgan fingerprint density at radius 3 is 2.84 bits per heavy atom. The average Bonchev–Trinajstić information content (AvgIpc) is 2.38. The normalized spacial score (nSPS) is 23.4. The van der Waals surface area contributed by atoms with Crippen LogP contribution in [0.4, 0.5) is 5.69 Å². The molecule has 4 N–H and O–H groups in total. The highest BCUT2D eigenvalue weighted by molar-refractivity contribution is 5.98. The summed E-state index contributed by atoms with van der Waals surface area (Å²) in [6, 6.07) is 5.79. The van der Waals surface area contributed by atoms with Crippen LogP contribution in [0.3, 0.4) is 0 Å². The Morgan fingerprint density at radius 2 is 2.21 bits per heavy atom. The molecule has 2 atom stereocenters. The van der Waals surface area contributed by atoms with Crippen LogP contribution in [0.2, 0.25) is 0 Å². The number of hydrogen-bond donors (Lipinski definition) is 2. The summed E-state index contributed by atoms with van der Waals surface area (Å²) in [6.45, 7) is 6.83. The summed E-state index contributed by atoms with van der Waals surface area (Å²) < 4.78 is 0. The van der Waals surface area contributed by atoms with Crippen LogP contribution < -0.4 is 16.4 Å². The molecule has 1 aliphatic rings. The van der Waals surface area contributed by atoms with E-state index in [4.69, 9.17) is 11.5 Å². The van der Waals surface area contributed by atoms with Gasteiger partial charge >= 0.3 is 0 Å². The number of piperidine rings is 1. The molecule has 4 nitrogen and oxygen atoms in total. The molecule has 1 aliphatic heterocycles. The van der Waals surface area contributed by atoms with Gasteiger partial charge in [-0.15, -0.1) is 0 Å². The summed E-state index contributed by atoms with van der Waals surface area (Å²) in [5, 5.41) is 0.